The molecule has 3 aromatic rings. The maximum Gasteiger partial charge on any atom is 0.241 e. The number of thiazole rings is 1. The number of methoxy groups -OCH3 is 1. The quantitative estimate of drug-likeness (QED) is 0.524. The zero-order chi connectivity index (χ0) is 21.0. The predicted molar refractivity (Wildman–Crippen MR) is 119 cm³/mol. The lowest BCUT2D eigenvalue weighted by Crippen LogP contribution is -2.23. The Labute approximate surface area is 182 Å². The van der Waals surface area contributed by atoms with Crippen LogP contribution in [0.25, 0.3) is 11.3 Å². The van der Waals surface area contributed by atoms with Gasteiger partial charge in [-0.3, -0.25) is 4.79 Å². The van der Waals surface area contributed by atoms with Crippen molar-refractivity contribution in [3.8, 4) is 17.0 Å². The summed E-state index contributed by atoms with van der Waals surface area (Å²) in [5.74, 6) is -0.751. The van der Waals surface area contributed by atoms with Crippen molar-refractivity contribution < 1.29 is 17.9 Å². The number of carbonyl (C=O) groups excluding carboxylic acids is 1. The molecule has 1 amide bonds. The molecule has 3 rings (SSSR count). The molecule has 152 valence electrons. The molecule has 2 aromatic carbocycles. The van der Waals surface area contributed by atoms with Crippen molar-refractivity contribution in [2.24, 2.45) is 0 Å². The van der Waals surface area contributed by atoms with Crippen LogP contribution in [0.4, 0.5) is 5.13 Å². The lowest BCUT2D eigenvalue weighted by molar-refractivity contribution is -0.113. The van der Waals surface area contributed by atoms with Crippen LogP contribution in [0.3, 0.4) is 0 Å². The van der Waals surface area contributed by atoms with E-state index in [4.69, 9.17) is 4.74 Å². The summed E-state index contributed by atoms with van der Waals surface area (Å²) >= 11 is 4.54. The normalized spacial score (nSPS) is 11.3. The third-order valence-corrected chi connectivity index (χ3v) is 6.73. The second-order valence-corrected chi connectivity index (χ2v) is 10.3. The molecule has 6 nitrogen and oxygen atoms in total. The number of ether oxygens (including phenoxy) is 1. The highest BCUT2D eigenvalue weighted by molar-refractivity contribution is 9.10. The Morgan fingerprint density at radius 3 is 2.76 bits per heavy atom. The lowest BCUT2D eigenvalue weighted by Gasteiger charge is -2.07. The van der Waals surface area contributed by atoms with Crippen LogP contribution < -0.4 is 10.1 Å². The van der Waals surface area contributed by atoms with E-state index in [1.54, 1.807) is 30.7 Å². The molecule has 9 heteroatoms. The molecule has 0 aliphatic rings. The van der Waals surface area contributed by atoms with Gasteiger partial charge >= 0.3 is 0 Å². The Bertz CT molecular complexity index is 1140. The number of aromatic nitrogens is 1. The average molecular weight is 495 g/mol. The van der Waals surface area contributed by atoms with Gasteiger partial charge in [0.2, 0.25) is 5.91 Å². The summed E-state index contributed by atoms with van der Waals surface area (Å²) in [5.41, 5.74) is 3.14. The van der Waals surface area contributed by atoms with E-state index in [1.165, 1.54) is 11.3 Å². The first-order chi connectivity index (χ1) is 13.8. The molecule has 0 bridgehead atoms. The van der Waals surface area contributed by atoms with Gasteiger partial charge in [-0.05, 0) is 36.8 Å². The fourth-order valence-electron chi connectivity index (χ4n) is 2.76. The number of rotatable bonds is 7. The van der Waals surface area contributed by atoms with Crippen LogP contribution >= 0.6 is 27.3 Å². The van der Waals surface area contributed by atoms with Crippen molar-refractivity contribution in [1.29, 1.82) is 0 Å². The minimum Gasteiger partial charge on any atom is -0.496 e. The number of hydrogen-bond acceptors (Lipinski definition) is 6. The molecule has 0 radical (unpaired) electrons. The molecular weight excluding hydrogens is 476 g/mol. The lowest BCUT2D eigenvalue weighted by atomic mass is 10.1. The first-order valence-electron chi connectivity index (χ1n) is 8.61. The smallest absolute Gasteiger partial charge is 0.241 e. The first-order valence-corrected chi connectivity index (χ1v) is 12.1. The molecule has 0 spiro atoms. The topological polar surface area (TPSA) is 85.4 Å². The van der Waals surface area contributed by atoms with Crippen molar-refractivity contribution in [1.82, 2.24) is 4.98 Å². The second-order valence-electron chi connectivity index (χ2n) is 6.45. The highest BCUT2D eigenvalue weighted by Crippen LogP contribution is 2.33. The largest absolute Gasteiger partial charge is 0.496 e. The third kappa shape index (κ3) is 5.88. The van der Waals surface area contributed by atoms with Crippen molar-refractivity contribution in [2.45, 2.75) is 12.7 Å². The molecule has 0 aliphatic carbocycles. The number of anilines is 1. The van der Waals surface area contributed by atoms with Crippen molar-refractivity contribution in [2.75, 3.05) is 18.2 Å². The SMILES string of the molecule is COc1ccc(C)cc1-c1csc(NC(=O)CS(=O)(=O)Cc2cccc(Br)c2)n1. The van der Waals surface area contributed by atoms with Crippen LogP contribution in [0.2, 0.25) is 0 Å². The third-order valence-electron chi connectivity index (χ3n) is 4.01. The number of amides is 1. The maximum absolute atomic E-state index is 12.3. The summed E-state index contributed by atoms with van der Waals surface area (Å²) in [5, 5.41) is 4.71. The molecule has 0 saturated carbocycles. The summed E-state index contributed by atoms with van der Waals surface area (Å²) in [6, 6.07) is 12.7. The molecule has 0 fully saturated rings. The zero-order valence-electron chi connectivity index (χ0n) is 15.8. The molecule has 1 heterocycles. The maximum atomic E-state index is 12.3. The zero-order valence-corrected chi connectivity index (χ0v) is 19.0. The van der Waals surface area contributed by atoms with Crippen molar-refractivity contribution in [3.05, 3.63) is 63.4 Å². The molecule has 1 N–H and O–H groups in total. The van der Waals surface area contributed by atoms with Crippen LogP contribution in [0.5, 0.6) is 5.75 Å². The second kappa shape index (κ2) is 9.06. The average Bonchev–Trinajstić information content (AvgIpc) is 3.08. The summed E-state index contributed by atoms with van der Waals surface area (Å²) in [6.45, 7) is 1.97. The van der Waals surface area contributed by atoms with Gasteiger partial charge < -0.3 is 10.1 Å². The van der Waals surface area contributed by atoms with E-state index >= 15 is 0 Å². The predicted octanol–water partition coefficient (Wildman–Crippen LogP) is 4.44. The molecule has 29 heavy (non-hydrogen) atoms. The number of hydrogen-bond donors (Lipinski definition) is 1. The number of carbonyl (C=O) groups is 1. The Balaban J connectivity index is 1.68. The standard InChI is InChI=1S/C20H19BrN2O4S2/c1-13-6-7-18(27-2)16(8-13)17-10-28-20(22-17)23-19(24)12-29(25,26)11-14-4-3-5-15(21)9-14/h3-10H,11-12H2,1-2H3,(H,22,23,24). The Morgan fingerprint density at radius 2 is 2.03 bits per heavy atom. The molecule has 0 atom stereocenters. The summed E-state index contributed by atoms with van der Waals surface area (Å²) in [4.78, 5) is 16.7. The van der Waals surface area contributed by atoms with Crippen LogP contribution in [0, 0.1) is 6.92 Å². The van der Waals surface area contributed by atoms with Gasteiger partial charge in [-0.25, -0.2) is 13.4 Å². The molecule has 1 aromatic heterocycles. The van der Waals surface area contributed by atoms with E-state index in [9.17, 15) is 13.2 Å². The van der Waals surface area contributed by atoms with Gasteiger partial charge in [0.1, 0.15) is 11.5 Å². The Kier molecular flexibility index (Phi) is 6.71. The van der Waals surface area contributed by atoms with E-state index < -0.39 is 21.5 Å². The fourth-order valence-corrected chi connectivity index (χ4v) is 5.20. The van der Waals surface area contributed by atoms with Gasteiger partial charge in [-0.15, -0.1) is 11.3 Å². The van der Waals surface area contributed by atoms with Crippen LogP contribution in [0.1, 0.15) is 11.1 Å². The van der Waals surface area contributed by atoms with E-state index in [1.807, 2.05) is 31.2 Å². The number of aryl methyl sites for hydroxylation is 1. The van der Waals surface area contributed by atoms with E-state index in [0.717, 1.165) is 15.6 Å². The highest BCUT2D eigenvalue weighted by Gasteiger charge is 2.19. The Hall–Kier alpha value is -2.23. The van der Waals surface area contributed by atoms with Crippen LogP contribution in [0.15, 0.2) is 52.3 Å². The van der Waals surface area contributed by atoms with Crippen LogP contribution in [-0.2, 0) is 20.4 Å². The van der Waals surface area contributed by atoms with Gasteiger partial charge in [0, 0.05) is 15.4 Å². The number of benzene rings is 2. The van der Waals surface area contributed by atoms with E-state index in [-0.39, 0.29) is 5.75 Å². The number of sulfone groups is 1. The Morgan fingerprint density at radius 1 is 1.24 bits per heavy atom. The van der Waals surface area contributed by atoms with Gasteiger partial charge in [-0.1, -0.05) is 39.7 Å². The molecule has 0 saturated heterocycles. The van der Waals surface area contributed by atoms with Gasteiger partial charge in [0.25, 0.3) is 0 Å². The first kappa shape index (κ1) is 21.5. The summed E-state index contributed by atoms with van der Waals surface area (Å²) in [7, 11) is -2.03. The highest BCUT2D eigenvalue weighted by atomic mass is 79.9. The minimum atomic E-state index is -3.61. The molecule has 0 unspecified atom stereocenters. The van der Waals surface area contributed by atoms with E-state index in [2.05, 4.69) is 26.2 Å². The van der Waals surface area contributed by atoms with Gasteiger partial charge in [0.05, 0.1) is 18.6 Å². The number of nitrogens with zero attached hydrogens (tertiary/aromatic N) is 1. The number of halogens is 1. The summed E-state index contributed by atoms with van der Waals surface area (Å²) < 4.78 is 30.9. The number of nitrogens with one attached hydrogen (secondary N) is 1. The molecular formula is C20H19BrN2O4S2. The molecule has 0 aliphatic heterocycles. The van der Waals surface area contributed by atoms with Gasteiger partial charge in [0.15, 0.2) is 15.0 Å². The monoisotopic (exact) mass is 494 g/mol. The minimum absolute atomic E-state index is 0.205. The van der Waals surface area contributed by atoms with Crippen LogP contribution in [-0.4, -0.2) is 32.2 Å². The van der Waals surface area contributed by atoms with Crippen molar-refractivity contribution >= 4 is 48.1 Å². The van der Waals surface area contributed by atoms with Gasteiger partial charge in [-0.2, -0.15) is 0 Å². The fraction of sp³-hybridized carbons (Fsp3) is 0.200. The van der Waals surface area contributed by atoms with Crippen molar-refractivity contribution in [3.63, 3.8) is 0 Å². The summed E-state index contributed by atoms with van der Waals surface area (Å²) in [6.07, 6.45) is 0. The van der Waals surface area contributed by atoms with E-state index in [0.29, 0.717) is 22.1 Å².